The first-order valence-corrected chi connectivity index (χ1v) is 8.72. The van der Waals surface area contributed by atoms with Gasteiger partial charge in [0.25, 0.3) is 0 Å². The Morgan fingerprint density at radius 2 is 1.88 bits per heavy atom. The predicted octanol–water partition coefficient (Wildman–Crippen LogP) is 3.63. The molecule has 0 atom stereocenters. The SMILES string of the molecule is Nc1nc2c(c(Nc3ccc4c(ccn4-c4ccncc4)c3)n1)CCC2. The Balaban J connectivity index is 1.52. The summed E-state index contributed by atoms with van der Waals surface area (Å²) in [4.78, 5) is 12.9. The molecule has 3 heterocycles. The van der Waals surface area contributed by atoms with E-state index in [1.165, 1.54) is 5.56 Å². The smallest absolute Gasteiger partial charge is 0.222 e. The van der Waals surface area contributed by atoms with Crippen molar-refractivity contribution in [3.63, 3.8) is 0 Å². The lowest BCUT2D eigenvalue weighted by molar-refractivity contribution is 0.900. The van der Waals surface area contributed by atoms with E-state index >= 15 is 0 Å². The number of nitrogen functional groups attached to an aromatic ring is 1. The number of fused-ring (bicyclic) bond motifs is 2. The van der Waals surface area contributed by atoms with Crippen LogP contribution in [0.1, 0.15) is 17.7 Å². The van der Waals surface area contributed by atoms with Crippen molar-refractivity contribution in [3.05, 3.63) is 66.2 Å². The monoisotopic (exact) mass is 342 g/mol. The molecule has 1 aromatic carbocycles. The zero-order chi connectivity index (χ0) is 17.5. The molecular weight excluding hydrogens is 324 g/mol. The molecule has 1 aliphatic rings. The van der Waals surface area contributed by atoms with Crippen LogP contribution >= 0.6 is 0 Å². The maximum absolute atomic E-state index is 5.87. The molecule has 3 N–H and O–H groups in total. The Morgan fingerprint density at radius 1 is 1.00 bits per heavy atom. The fourth-order valence-electron chi connectivity index (χ4n) is 3.64. The lowest BCUT2D eigenvalue weighted by Crippen LogP contribution is -2.05. The van der Waals surface area contributed by atoms with Gasteiger partial charge < -0.3 is 15.6 Å². The Morgan fingerprint density at radius 3 is 2.77 bits per heavy atom. The molecular formula is C20H18N6. The van der Waals surface area contributed by atoms with Gasteiger partial charge in [0.05, 0.1) is 11.2 Å². The molecule has 0 radical (unpaired) electrons. The van der Waals surface area contributed by atoms with Crippen LogP contribution in [0, 0.1) is 0 Å². The summed E-state index contributed by atoms with van der Waals surface area (Å²) in [5.74, 6) is 1.16. The van der Waals surface area contributed by atoms with E-state index < -0.39 is 0 Å². The Kier molecular flexibility index (Phi) is 3.35. The number of rotatable bonds is 3. The molecule has 0 amide bonds. The number of benzene rings is 1. The summed E-state index contributed by atoms with van der Waals surface area (Å²) in [6.45, 7) is 0. The van der Waals surface area contributed by atoms with E-state index in [0.717, 1.165) is 53.1 Å². The van der Waals surface area contributed by atoms with E-state index in [0.29, 0.717) is 5.95 Å². The number of hydrogen-bond donors (Lipinski definition) is 2. The van der Waals surface area contributed by atoms with Crippen LogP contribution in [0.15, 0.2) is 55.0 Å². The maximum atomic E-state index is 5.87. The molecule has 6 heteroatoms. The van der Waals surface area contributed by atoms with Crippen molar-refractivity contribution >= 4 is 28.4 Å². The Bertz CT molecular complexity index is 1100. The van der Waals surface area contributed by atoms with E-state index in [4.69, 9.17) is 5.73 Å². The van der Waals surface area contributed by atoms with Crippen molar-refractivity contribution in [3.8, 4) is 5.69 Å². The molecule has 0 aliphatic heterocycles. The van der Waals surface area contributed by atoms with Gasteiger partial charge in [0.2, 0.25) is 5.95 Å². The van der Waals surface area contributed by atoms with Crippen LogP contribution in [0.25, 0.3) is 16.6 Å². The van der Waals surface area contributed by atoms with Crippen LogP contribution < -0.4 is 11.1 Å². The van der Waals surface area contributed by atoms with Gasteiger partial charge in [-0.2, -0.15) is 4.98 Å². The van der Waals surface area contributed by atoms with E-state index in [1.807, 2.05) is 12.1 Å². The third-order valence-corrected chi connectivity index (χ3v) is 4.84. The molecule has 0 bridgehead atoms. The van der Waals surface area contributed by atoms with Crippen LogP contribution in [0.2, 0.25) is 0 Å². The number of pyridine rings is 1. The normalized spacial score (nSPS) is 13.1. The standard InChI is InChI=1S/C20H18N6/c21-20-24-17-3-1-2-16(17)19(25-20)23-14-4-5-18-13(12-14)8-11-26(18)15-6-9-22-10-7-15/h4-12H,1-3H2,(H3,21,23,24,25). The minimum absolute atomic E-state index is 0.332. The second-order valence-corrected chi connectivity index (χ2v) is 6.50. The fraction of sp³-hybridized carbons (Fsp3) is 0.150. The summed E-state index contributed by atoms with van der Waals surface area (Å²) in [7, 11) is 0. The summed E-state index contributed by atoms with van der Waals surface area (Å²) >= 11 is 0. The molecule has 26 heavy (non-hydrogen) atoms. The Labute approximate surface area is 150 Å². The second kappa shape index (κ2) is 5.84. The number of aromatic nitrogens is 4. The van der Waals surface area contributed by atoms with Crippen molar-refractivity contribution in [2.75, 3.05) is 11.1 Å². The van der Waals surface area contributed by atoms with Crippen LogP contribution in [-0.4, -0.2) is 19.5 Å². The second-order valence-electron chi connectivity index (χ2n) is 6.50. The number of anilines is 3. The molecule has 4 aromatic rings. The molecule has 0 spiro atoms. The van der Waals surface area contributed by atoms with Gasteiger partial charge in [-0.1, -0.05) is 0 Å². The van der Waals surface area contributed by atoms with Crippen molar-refractivity contribution in [2.45, 2.75) is 19.3 Å². The quantitative estimate of drug-likeness (QED) is 0.594. The third-order valence-electron chi connectivity index (χ3n) is 4.84. The first-order chi connectivity index (χ1) is 12.8. The number of hydrogen-bond acceptors (Lipinski definition) is 5. The number of nitrogens with one attached hydrogen (secondary N) is 1. The summed E-state index contributed by atoms with van der Waals surface area (Å²) < 4.78 is 2.15. The lowest BCUT2D eigenvalue weighted by atomic mass is 10.2. The average Bonchev–Trinajstić information content (AvgIpc) is 3.28. The first-order valence-electron chi connectivity index (χ1n) is 8.72. The van der Waals surface area contributed by atoms with Gasteiger partial charge >= 0.3 is 0 Å². The maximum Gasteiger partial charge on any atom is 0.222 e. The van der Waals surface area contributed by atoms with E-state index in [-0.39, 0.29) is 0 Å². The molecule has 0 unspecified atom stereocenters. The zero-order valence-corrected chi connectivity index (χ0v) is 14.2. The Hall–Kier alpha value is -3.41. The highest BCUT2D eigenvalue weighted by atomic mass is 15.1. The van der Waals surface area contributed by atoms with Gasteiger partial charge in [-0.3, -0.25) is 4.98 Å². The van der Waals surface area contributed by atoms with E-state index in [1.54, 1.807) is 12.4 Å². The molecule has 0 saturated carbocycles. The van der Waals surface area contributed by atoms with Gasteiger partial charge in [0.1, 0.15) is 5.82 Å². The average molecular weight is 342 g/mol. The summed E-state index contributed by atoms with van der Waals surface area (Å²) in [5, 5.41) is 4.59. The molecule has 0 fully saturated rings. The highest BCUT2D eigenvalue weighted by Crippen LogP contribution is 2.30. The van der Waals surface area contributed by atoms with Gasteiger partial charge in [-0.05, 0) is 55.7 Å². The number of nitrogens with zero attached hydrogens (tertiary/aromatic N) is 4. The van der Waals surface area contributed by atoms with E-state index in [2.05, 4.69) is 55.3 Å². The largest absolute Gasteiger partial charge is 0.368 e. The van der Waals surface area contributed by atoms with Crippen LogP contribution in [0.5, 0.6) is 0 Å². The van der Waals surface area contributed by atoms with Crippen LogP contribution in [0.4, 0.5) is 17.5 Å². The van der Waals surface area contributed by atoms with Crippen LogP contribution in [0.3, 0.4) is 0 Å². The molecule has 6 nitrogen and oxygen atoms in total. The predicted molar refractivity (Wildman–Crippen MR) is 103 cm³/mol. The van der Waals surface area contributed by atoms with Crippen molar-refractivity contribution in [2.24, 2.45) is 0 Å². The van der Waals surface area contributed by atoms with Crippen molar-refractivity contribution in [1.29, 1.82) is 0 Å². The summed E-state index contributed by atoms with van der Waals surface area (Å²) in [6, 6.07) is 12.4. The number of aryl methyl sites for hydroxylation is 1. The van der Waals surface area contributed by atoms with Gasteiger partial charge in [0, 0.05) is 40.9 Å². The molecule has 0 saturated heterocycles. The summed E-state index contributed by atoms with van der Waals surface area (Å²) in [5.41, 5.74) is 11.4. The topological polar surface area (TPSA) is 81.6 Å². The highest BCUT2D eigenvalue weighted by molar-refractivity contribution is 5.86. The fourth-order valence-corrected chi connectivity index (χ4v) is 3.64. The van der Waals surface area contributed by atoms with Crippen LogP contribution in [-0.2, 0) is 12.8 Å². The number of nitrogens with two attached hydrogens (primary N) is 1. The minimum atomic E-state index is 0.332. The molecule has 1 aliphatic carbocycles. The molecule has 3 aromatic heterocycles. The molecule has 128 valence electrons. The highest BCUT2D eigenvalue weighted by Gasteiger charge is 2.19. The van der Waals surface area contributed by atoms with Crippen molar-refractivity contribution in [1.82, 2.24) is 19.5 Å². The zero-order valence-electron chi connectivity index (χ0n) is 14.2. The van der Waals surface area contributed by atoms with Gasteiger partial charge in [-0.15, -0.1) is 0 Å². The third kappa shape index (κ3) is 2.47. The minimum Gasteiger partial charge on any atom is -0.368 e. The summed E-state index contributed by atoms with van der Waals surface area (Å²) in [6.07, 6.45) is 8.76. The van der Waals surface area contributed by atoms with E-state index in [9.17, 15) is 0 Å². The van der Waals surface area contributed by atoms with Gasteiger partial charge in [0.15, 0.2) is 0 Å². The van der Waals surface area contributed by atoms with Gasteiger partial charge in [-0.25, -0.2) is 4.98 Å². The lowest BCUT2D eigenvalue weighted by Gasteiger charge is -2.11. The first kappa shape index (κ1) is 14.9. The van der Waals surface area contributed by atoms with Crippen molar-refractivity contribution < 1.29 is 0 Å². The molecule has 5 rings (SSSR count).